The van der Waals surface area contributed by atoms with E-state index in [2.05, 4.69) is 0 Å². The summed E-state index contributed by atoms with van der Waals surface area (Å²) in [5.41, 5.74) is 7.39. The molecule has 2 atom stereocenters. The first-order valence-electron chi connectivity index (χ1n) is 5.23. The van der Waals surface area contributed by atoms with Crippen LogP contribution in [-0.2, 0) is 6.42 Å². The zero-order chi connectivity index (χ0) is 11.4. The Morgan fingerprint density at radius 1 is 1.47 bits per heavy atom. The molecule has 0 saturated carbocycles. The first-order valence-corrected chi connectivity index (χ1v) is 5.23. The molecule has 0 heterocycles. The minimum absolute atomic E-state index is 0.205. The van der Waals surface area contributed by atoms with Crippen molar-refractivity contribution in [2.75, 3.05) is 0 Å². The molecule has 0 aliphatic carbocycles. The van der Waals surface area contributed by atoms with Crippen LogP contribution in [-0.4, -0.2) is 17.3 Å². The van der Waals surface area contributed by atoms with Crippen molar-refractivity contribution in [2.45, 2.75) is 38.8 Å². The van der Waals surface area contributed by atoms with Gasteiger partial charge in [0.05, 0.1) is 6.10 Å². The summed E-state index contributed by atoms with van der Waals surface area (Å²) in [6, 6.07) is 4.65. The van der Waals surface area contributed by atoms with E-state index in [0.717, 1.165) is 5.56 Å². The monoisotopic (exact) mass is 211 g/mol. The van der Waals surface area contributed by atoms with Gasteiger partial charge in [-0.2, -0.15) is 0 Å². The van der Waals surface area contributed by atoms with Crippen molar-refractivity contribution in [1.82, 2.24) is 0 Å². The SMILES string of the molecule is CCC(O)C(N)Cc1ccc(F)c(C)c1. The number of aryl methyl sites for hydroxylation is 1. The van der Waals surface area contributed by atoms with Gasteiger partial charge >= 0.3 is 0 Å². The summed E-state index contributed by atoms with van der Waals surface area (Å²) >= 11 is 0. The number of aliphatic hydroxyl groups is 1. The van der Waals surface area contributed by atoms with Gasteiger partial charge in [0, 0.05) is 6.04 Å². The van der Waals surface area contributed by atoms with Crippen molar-refractivity contribution in [3.63, 3.8) is 0 Å². The molecule has 3 heteroatoms. The van der Waals surface area contributed by atoms with Crippen molar-refractivity contribution in [3.8, 4) is 0 Å². The summed E-state index contributed by atoms with van der Waals surface area (Å²) in [4.78, 5) is 0. The first kappa shape index (κ1) is 12.1. The molecule has 0 aromatic heterocycles. The molecule has 1 rings (SSSR count). The Kier molecular flexibility index (Phi) is 4.24. The summed E-state index contributed by atoms with van der Waals surface area (Å²) in [5.74, 6) is -0.205. The highest BCUT2D eigenvalue weighted by Gasteiger charge is 2.13. The van der Waals surface area contributed by atoms with Crippen LogP contribution in [0.5, 0.6) is 0 Å². The fourth-order valence-corrected chi connectivity index (χ4v) is 1.54. The highest BCUT2D eigenvalue weighted by atomic mass is 19.1. The van der Waals surface area contributed by atoms with Crippen LogP contribution in [0.1, 0.15) is 24.5 Å². The van der Waals surface area contributed by atoms with Crippen LogP contribution in [0.15, 0.2) is 18.2 Å². The van der Waals surface area contributed by atoms with Crippen LogP contribution < -0.4 is 5.73 Å². The highest BCUT2D eigenvalue weighted by molar-refractivity contribution is 5.24. The van der Waals surface area contributed by atoms with Gasteiger partial charge in [0.15, 0.2) is 0 Å². The average Bonchev–Trinajstić information content (AvgIpc) is 2.22. The normalized spacial score (nSPS) is 15.0. The van der Waals surface area contributed by atoms with E-state index in [9.17, 15) is 9.50 Å². The van der Waals surface area contributed by atoms with Gasteiger partial charge in [-0.15, -0.1) is 0 Å². The Bertz CT molecular complexity index is 327. The number of halogens is 1. The smallest absolute Gasteiger partial charge is 0.126 e. The molecule has 15 heavy (non-hydrogen) atoms. The van der Waals surface area contributed by atoms with Crippen LogP contribution in [0, 0.1) is 12.7 Å². The number of aliphatic hydroxyl groups excluding tert-OH is 1. The second-order valence-electron chi connectivity index (χ2n) is 3.93. The lowest BCUT2D eigenvalue weighted by atomic mass is 9.99. The summed E-state index contributed by atoms with van der Waals surface area (Å²) in [6.45, 7) is 3.61. The number of nitrogens with two attached hydrogens (primary N) is 1. The molecule has 1 aromatic carbocycles. The lowest BCUT2D eigenvalue weighted by Crippen LogP contribution is -2.36. The molecule has 0 fully saturated rings. The number of rotatable bonds is 4. The zero-order valence-electron chi connectivity index (χ0n) is 9.20. The van der Waals surface area contributed by atoms with E-state index >= 15 is 0 Å². The number of benzene rings is 1. The van der Waals surface area contributed by atoms with Gasteiger partial charge in [0.2, 0.25) is 0 Å². The third-order valence-electron chi connectivity index (χ3n) is 2.61. The van der Waals surface area contributed by atoms with Gasteiger partial charge < -0.3 is 10.8 Å². The van der Waals surface area contributed by atoms with E-state index in [4.69, 9.17) is 5.73 Å². The predicted molar refractivity (Wildman–Crippen MR) is 59.1 cm³/mol. The quantitative estimate of drug-likeness (QED) is 0.797. The summed E-state index contributed by atoms with van der Waals surface area (Å²) < 4.78 is 13.0. The maximum absolute atomic E-state index is 13.0. The molecule has 0 spiro atoms. The summed E-state index contributed by atoms with van der Waals surface area (Å²) in [6.07, 6.45) is 0.729. The second kappa shape index (κ2) is 5.24. The maximum Gasteiger partial charge on any atom is 0.126 e. The van der Waals surface area contributed by atoms with Gasteiger partial charge in [-0.3, -0.25) is 0 Å². The standard InChI is InChI=1S/C12H18FNO/c1-3-12(15)11(14)7-9-4-5-10(13)8(2)6-9/h4-6,11-12,15H,3,7,14H2,1-2H3. The fraction of sp³-hybridized carbons (Fsp3) is 0.500. The number of hydrogen-bond acceptors (Lipinski definition) is 2. The Morgan fingerprint density at radius 2 is 2.13 bits per heavy atom. The minimum atomic E-state index is -0.490. The molecule has 0 aliphatic heterocycles. The molecule has 0 bridgehead atoms. The van der Waals surface area contributed by atoms with E-state index in [1.807, 2.05) is 6.92 Å². The topological polar surface area (TPSA) is 46.2 Å². The Hall–Kier alpha value is -0.930. The van der Waals surface area contributed by atoms with E-state index in [0.29, 0.717) is 18.4 Å². The van der Waals surface area contributed by atoms with Crippen LogP contribution in [0.25, 0.3) is 0 Å². The maximum atomic E-state index is 13.0. The van der Waals surface area contributed by atoms with Crippen LogP contribution in [0.3, 0.4) is 0 Å². The summed E-state index contributed by atoms with van der Waals surface area (Å²) in [5, 5.41) is 9.51. The van der Waals surface area contributed by atoms with E-state index in [-0.39, 0.29) is 11.9 Å². The summed E-state index contributed by atoms with van der Waals surface area (Å²) in [7, 11) is 0. The molecule has 0 radical (unpaired) electrons. The Morgan fingerprint density at radius 3 is 2.67 bits per heavy atom. The van der Waals surface area contributed by atoms with Crippen molar-refractivity contribution in [2.24, 2.45) is 5.73 Å². The van der Waals surface area contributed by atoms with Crippen LogP contribution in [0.4, 0.5) is 4.39 Å². The van der Waals surface area contributed by atoms with Crippen molar-refractivity contribution < 1.29 is 9.50 Å². The largest absolute Gasteiger partial charge is 0.392 e. The van der Waals surface area contributed by atoms with Crippen molar-refractivity contribution in [3.05, 3.63) is 35.1 Å². The Labute approximate surface area is 89.9 Å². The van der Waals surface area contributed by atoms with Crippen LogP contribution in [0.2, 0.25) is 0 Å². The molecule has 3 N–H and O–H groups in total. The Balaban J connectivity index is 2.68. The van der Waals surface area contributed by atoms with Gasteiger partial charge in [0.1, 0.15) is 5.82 Å². The fourth-order valence-electron chi connectivity index (χ4n) is 1.54. The molecular formula is C12H18FNO. The molecular weight excluding hydrogens is 193 g/mol. The molecule has 2 nitrogen and oxygen atoms in total. The third-order valence-corrected chi connectivity index (χ3v) is 2.61. The van der Waals surface area contributed by atoms with E-state index in [1.165, 1.54) is 6.07 Å². The molecule has 0 saturated heterocycles. The first-order chi connectivity index (χ1) is 7.04. The van der Waals surface area contributed by atoms with Crippen molar-refractivity contribution in [1.29, 1.82) is 0 Å². The second-order valence-corrected chi connectivity index (χ2v) is 3.93. The zero-order valence-corrected chi connectivity index (χ0v) is 9.20. The molecule has 1 aromatic rings. The molecule has 2 unspecified atom stereocenters. The molecule has 84 valence electrons. The van der Waals surface area contributed by atoms with Gasteiger partial charge in [0.25, 0.3) is 0 Å². The third kappa shape index (κ3) is 3.29. The van der Waals surface area contributed by atoms with Crippen molar-refractivity contribution >= 4 is 0 Å². The predicted octanol–water partition coefficient (Wildman–Crippen LogP) is 1.77. The minimum Gasteiger partial charge on any atom is -0.392 e. The van der Waals surface area contributed by atoms with E-state index < -0.39 is 6.10 Å². The van der Waals surface area contributed by atoms with Gasteiger partial charge in [-0.05, 0) is 37.0 Å². The van der Waals surface area contributed by atoms with Gasteiger partial charge in [-0.25, -0.2) is 4.39 Å². The average molecular weight is 211 g/mol. The van der Waals surface area contributed by atoms with Crippen LogP contribution >= 0.6 is 0 Å². The molecule has 0 aliphatic rings. The number of hydrogen-bond donors (Lipinski definition) is 2. The lowest BCUT2D eigenvalue weighted by molar-refractivity contribution is 0.140. The van der Waals surface area contributed by atoms with E-state index in [1.54, 1.807) is 19.1 Å². The molecule has 0 amide bonds. The highest BCUT2D eigenvalue weighted by Crippen LogP contribution is 2.12. The lowest BCUT2D eigenvalue weighted by Gasteiger charge is -2.17. The van der Waals surface area contributed by atoms with Gasteiger partial charge in [-0.1, -0.05) is 19.1 Å².